The van der Waals surface area contributed by atoms with Crippen LogP contribution >= 0.6 is 0 Å². The van der Waals surface area contributed by atoms with Crippen LogP contribution in [0.2, 0.25) is 0 Å². The molecule has 0 bridgehead atoms. The van der Waals surface area contributed by atoms with E-state index in [0.717, 1.165) is 0 Å². The Morgan fingerprint density at radius 1 is 1.00 bits per heavy atom. The summed E-state index contributed by atoms with van der Waals surface area (Å²) < 4.78 is 4.99. The van der Waals surface area contributed by atoms with Crippen LogP contribution in [0.5, 0.6) is 0 Å². The van der Waals surface area contributed by atoms with Crippen molar-refractivity contribution in [1.82, 2.24) is 5.32 Å². The number of allylic oxidation sites excluding steroid dienone is 2. The molecule has 4 atom stereocenters. The Bertz CT molecular complexity index is 855. The zero-order valence-corrected chi connectivity index (χ0v) is 17.1. The van der Waals surface area contributed by atoms with Crippen molar-refractivity contribution in [3.63, 3.8) is 0 Å². The largest absolute Gasteiger partial charge is 0.469 e. The summed E-state index contributed by atoms with van der Waals surface area (Å²) in [5.41, 5.74) is 5.02. The molecule has 0 amide bonds. The fraction of sp³-hybridized carbons (Fsp3) is 0.320. The number of ether oxygens (including phenoxy) is 1. The average Bonchev–Trinajstić information content (AvgIpc) is 2.92. The normalized spacial score (nSPS) is 21.4. The molecule has 0 saturated carbocycles. The standard InChI is InChI=1S/C25H29NO2/c1-17(18(2)25(27)28-4)24-19(3)23(21-13-9-6-10-14-21)22(15-16-26-24)20-11-7-5-8-12-20/h5-18,22,24,26H,1-4H3. The van der Waals surface area contributed by atoms with E-state index >= 15 is 0 Å². The van der Waals surface area contributed by atoms with E-state index in [4.69, 9.17) is 4.74 Å². The minimum absolute atomic E-state index is 0.0502. The minimum atomic E-state index is -0.198. The molecule has 2 aromatic rings. The Morgan fingerprint density at radius 2 is 1.61 bits per heavy atom. The molecule has 1 aliphatic heterocycles. The molecule has 0 fully saturated rings. The zero-order valence-electron chi connectivity index (χ0n) is 17.1. The van der Waals surface area contributed by atoms with E-state index < -0.39 is 0 Å². The van der Waals surface area contributed by atoms with E-state index in [1.54, 1.807) is 0 Å². The number of methoxy groups -OCH3 is 1. The SMILES string of the molecule is COC(=O)C(C)C(C)C1NC=CC(c2ccccc2)C(c2ccccc2)=C1C. The molecular weight excluding hydrogens is 346 g/mol. The molecule has 0 radical (unpaired) electrons. The maximum atomic E-state index is 12.1. The Morgan fingerprint density at radius 3 is 2.21 bits per heavy atom. The van der Waals surface area contributed by atoms with Gasteiger partial charge in [0.25, 0.3) is 0 Å². The highest BCUT2D eigenvalue weighted by molar-refractivity contribution is 5.78. The highest BCUT2D eigenvalue weighted by Gasteiger charge is 2.32. The van der Waals surface area contributed by atoms with Crippen LogP contribution in [-0.2, 0) is 9.53 Å². The van der Waals surface area contributed by atoms with Crippen molar-refractivity contribution in [3.8, 4) is 0 Å². The maximum Gasteiger partial charge on any atom is 0.308 e. The fourth-order valence-electron chi connectivity index (χ4n) is 4.09. The second-order valence-corrected chi connectivity index (χ2v) is 7.53. The van der Waals surface area contributed by atoms with Crippen molar-refractivity contribution in [2.45, 2.75) is 32.7 Å². The lowest BCUT2D eigenvalue weighted by Gasteiger charge is -2.30. The van der Waals surface area contributed by atoms with Gasteiger partial charge in [-0.3, -0.25) is 4.79 Å². The molecule has 0 saturated heterocycles. The Kier molecular flexibility index (Phi) is 6.35. The van der Waals surface area contributed by atoms with Crippen LogP contribution in [0.1, 0.15) is 37.8 Å². The van der Waals surface area contributed by atoms with Crippen LogP contribution in [-0.4, -0.2) is 19.1 Å². The molecule has 1 heterocycles. The molecular formula is C25H29NO2. The van der Waals surface area contributed by atoms with Gasteiger partial charge in [-0.2, -0.15) is 0 Å². The van der Waals surface area contributed by atoms with Crippen molar-refractivity contribution in [2.75, 3.05) is 7.11 Å². The first-order chi connectivity index (χ1) is 13.5. The summed E-state index contributed by atoms with van der Waals surface area (Å²) >= 11 is 0. The monoisotopic (exact) mass is 375 g/mol. The lowest BCUT2D eigenvalue weighted by Crippen LogP contribution is -2.38. The summed E-state index contributed by atoms with van der Waals surface area (Å²) in [6, 6.07) is 21.1. The van der Waals surface area contributed by atoms with Gasteiger partial charge < -0.3 is 10.1 Å². The van der Waals surface area contributed by atoms with Crippen LogP contribution < -0.4 is 5.32 Å². The highest BCUT2D eigenvalue weighted by atomic mass is 16.5. The number of hydrogen-bond donors (Lipinski definition) is 1. The molecule has 3 nitrogen and oxygen atoms in total. The van der Waals surface area contributed by atoms with Gasteiger partial charge in [-0.05, 0) is 41.3 Å². The second kappa shape index (κ2) is 8.92. The quantitative estimate of drug-likeness (QED) is 0.732. The molecule has 1 aliphatic rings. The lowest BCUT2D eigenvalue weighted by molar-refractivity contribution is -0.146. The van der Waals surface area contributed by atoms with E-state index in [1.165, 1.54) is 29.4 Å². The Hall–Kier alpha value is -2.81. The molecule has 3 heteroatoms. The molecule has 1 N–H and O–H groups in total. The third-order valence-electron chi connectivity index (χ3n) is 5.90. The van der Waals surface area contributed by atoms with E-state index in [0.29, 0.717) is 0 Å². The summed E-state index contributed by atoms with van der Waals surface area (Å²) in [6.07, 6.45) is 4.26. The third kappa shape index (κ3) is 4.04. The van der Waals surface area contributed by atoms with Crippen molar-refractivity contribution >= 4 is 11.5 Å². The zero-order chi connectivity index (χ0) is 20.1. The summed E-state index contributed by atoms with van der Waals surface area (Å²) in [5, 5.41) is 3.54. The first-order valence-corrected chi connectivity index (χ1v) is 9.86. The first-order valence-electron chi connectivity index (χ1n) is 9.86. The molecule has 146 valence electrons. The number of nitrogens with one attached hydrogen (secondary N) is 1. The van der Waals surface area contributed by atoms with E-state index in [1.807, 2.05) is 25.3 Å². The van der Waals surface area contributed by atoms with E-state index in [9.17, 15) is 4.79 Å². The summed E-state index contributed by atoms with van der Waals surface area (Å²) in [7, 11) is 1.45. The predicted molar refractivity (Wildman–Crippen MR) is 115 cm³/mol. The van der Waals surface area contributed by atoms with Gasteiger partial charge >= 0.3 is 5.97 Å². The lowest BCUT2D eigenvalue weighted by atomic mass is 9.78. The van der Waals surface area contributed by atoms with Crippen LogP contribution in [0, 0.1) is 11.8 Å². The second-order valence-electron chi connectivity index (χ2n) is 7.53. The fourth-order valence-corrected chi connectivity index (χ4v) is 4.09. The maximum absolute atomic E-state index is 12.1. The van der Waals surface area contributed by atoms with Crippen LogP contribution in [0.25, 0.3) is 5.57 Å². The van der Waals surface area contributed by atoms with Gasteiger partial charge in [0.15, 0.2) is 0 Å². The predicted octanol–water partition coefficient (Wildman–Crippen LogP) is 5.17. The topological polar surface area (TPSA) is 38.3 Å². The third-order valence-corrected chi connectivity index (χ3v) is 5.90. The van der Waals surface area contributed by atoms with Gasteiger partial charge in [-0.25, -0.2) is 0 Å². The first kappa shape index (κ1) is 19.9. The van der Waals surface area contributed by atoms with Gasteiger partial charge in [0.05, 0.1) is 19.1 Å². The number of rotatable bonds is 5. The Balaban J connectivity index is 2.11. The number of hydrogen-bond acceptors (Lipinski definition) is 3. The number of esters is 1. The smallest absolute Gasteiger partial charge is 0.308 e. The van der Waals surface area contributed by atoms with E-state index in [-0.39, 0.29) is 29.8 Å². The van der Waals surface area contributed by atoms with Gasteiger partial charge in [0, 0.05) is 5.92 Å². The van der Waals surface area contributed by atoms with Gasteiger partial charge in [-0.1, -0.05) is 80.6 Å². The molecule has 2 aromatic carbocycles. The summed E-state index contributed by atoms with van der Waals surface area (Å²) in [6.45, 7) is 6.24. The van der Waals surface area contributed by atoms with Crippen molar-refractivity contribution in [3.05, 3.63) is 89.6 Å². The molecule has 0 spiro atoms. The molecule has 4 unspecified atom stereocenters. The van der Waals surface area contributed by atoms with Gasteiger partial charge in [0.1, 0.15) is 0 Å². The van der Waals surface area contributed by atoms with Gasteiger partial charge in [0.2, 0.25) is 0 Å². The van der Waals surface area contributed by atoms with Crippen molar-refractivity contribution in [1.29, 1.82) is 0 Å². The van der Waals surface area contributed by atoms with Gasteiger partial charge in [-0.15, -0.1) is 0 Å². The molecule has 28 heavy (non-hydrogen) atoms. The highest BCUT2D eigenvalue weighted by Crippen LogP contribution is 2.39. The number of carbonyl (C=O) groups excluding carboxylic acids is 1. The summed E-state index contributed by atoms with van der Waals surface area (Å²) in [4.78, 5) is 12.1. The average molecular weight is 376 g/mol. The van der Waals surface area contributed by atoms with Crippen LogP contribution in [0.3, 0.4) is 0 Å². The Labute approximate surface area is 168 Å². The van der Waals surface area contributed by atoms with Crippen molar-refractivity contribution < 1.29 is 9.53 Å². The summed E-state index contributed by atoms with van der Waals surface area (Å²) in [5.74, 6) is -0.126. The molecule has 0 aliphatic carbocycles. The molecule has 0 aromatic heterocycles. The van der Waals surface area contributed by atoms with Crippen LogP contribution in [0.4, 0.5) is 0 Å². The molecule has 3 rings (SSSR count). The minimum Gasteiger partial charge on any atom is -0.469 e. The number of carbonyl (C=O) groups is 1. The van der Waals surface area contributed by atoms with Crippen molar-refractivity contribution in [2.24, 2.45) is 11.8 Å². The van der Waals surface area contributed by atoms with E-state index in [2.05, 4.69) is 73.8 Å². The van der Waals surface area contributed by atoms with Crippen LogP contribution in [0.15, 0.2) is 78.5 Å². The number of benzene rings is 2.